The summed E-state index contributed by atoms with van der Waals surface area (Å²) < 4.78 is 1.76. The van der Waals surface area contributed by atoms with E-state index in [1.54, 1.807) is 10.7 Å². The molecule has 0 aliphatic carbocycles. The third-order valence-corrected chi connectivity index (χ3v) is 8.87. The molecule has 2 aliphatic rings. The Morgan fingerprint density at radius 1 is 0.864 bits per heavy atom. The molecule has 2 aromatic carbocycles. The SMILES string of the molecule is O=C(c1ccc(Nc2nc3c(N4CCC(O)(c5ccc(Cl)cc5)CC4)cccn3n2)cc1)N1CCN(c2cccnc2)CC1. The molecule has 1 amide bonds. The minimum Gasteiger partial charge on any atom is -0.385 e. The number of halogens is 1. The van der Waals surface area contributed by atoms with Crippen LogP contribution in [0.15, 0.2) is 91.4 Å². The number of piperidine rings is 1. The quantitative estimate of drug-likeness (QED) is 0.279. The Labute approximate surface area is 260 Å². The highest BCUT2D eigenvalue weighted by atomic mass is 35.5. The summed E-state index contributed by atoms with van der Waals surface area (Å²) in [5, 5.41) is 19.9. The number of rotatable bonds is 6. The minimum absolute atomic E-state index is 0.0300. The molecule has 0 radical (unpaired) electrons. The number of hydrogen-bond acceptors (Lipinski definition) is 8. The molecule has 5 heterocycles. The molecule has 0 bridgehead atoms. The highest BCUT2D eigenvalue weighted by Crippen LogP contribution is 2.36. The lowest BCUT2D eigenvalue weighted by Crippen LogP contribution is -2.48. The van der Waals surface area contributed by atoms with Gasteiger partial charge in [0.1, 0.15) is 0 Å². The second kappa shape index (κ2) is 11.8. The van der Waals surface area contributed by atoms with Crippen molar-refractivity contribution in [2.24, 2.45) is 0 Å². The predicted octanol–water partition coefficient (Wildman–Crippen LogP) is 4.97. The fourth-order valence-electron chi connectivity index (χ4n) is 6.07. The number of carbonyl (C=O) groups is 1. The lowest BCUT2D eigenvalue weighted by atomic mass is 9.84. The zero-order chi connectivity index (χ0) is 30.1. The highest BCUT2D eigenvalue weighted by molar-refractivity contribution is 6.30. The summed E-state index contributed by atoms with van der Waals surface area (Å²) in [7, 11) is 0. The largest absolute Gasteiger partial charge is 0.385 e. The van der Waals surface area contributed by atoms with E-state index in [-0.39, 0.29) is 5.91 Å². The fourth-order valence-corrected chi connectivity index (χ4v) is 6.20. The summed E-state index contributed by atoms with van der Waals surface area (Å²) in [6, 6.07) is 22.9. The molecule has 2 fully saturated rings. The van der Waals surface area contributed by atoms with Gasteiger partial charge < -0.3 is 25.1 Å². The van der Waals surface area contributed by atoms with E-state index in [0.29, 0.717) is 55.6 Å². The zero-order valence-corrected chi connectivity index (χ0v) is 24.9. The molecule has 0 spiro atoms. The molecule has 2 saturated heterocycles. The number of aromatic nitrogens is 4. The van der Waals surface area contributed by atoms with Gasteiger partial charge in [-0.15, -0.1) is 5.10 Å². The number of pyridine rings is 2. The van der Waals surface area contributed by atoms with E-state index in [2.05, 4.69) is 25.2 Å². The Kier molecular flexibility index (Phi) is 7.53. The molecule has 0 unspecified atom stereocenters. The standard InChI is InChI=1S/C33H33ClN8O2/c34-26-9-7-25(8-10-26)33(44)13-17-40(18-14-33)29-4-2-16-42-30(29)37-32(38-42)36-27-11-5-24(6-12-27)31(43)41-21-19-39(20-22-41)28-3-1-15-35-23-28/h1-12,15-16,23,44H,13-14,17-22H2,(H,36,38). The average molecular weight is 609 g/mol. The number of hydrogen-bond donors (Lipinski definition) is 2. The number of aliphatic hydroxyl groups is 1. The number of carbonyl (C=O) groups excluding carboxylic acids is 1. The first-order valence-electron chi connectivity index (χ1n) is 14.9. The van der Waals surface area contributed by atoms with Crippen LogP contribution in [0.3, 0.4) is 0 Å². The second-order valence-corrected chi connectivity index (χ2v) is 11.8. The maximum atomic E-state index is 13.2. The molecule has 10 nitrogen and oxygen atoms in total. The molecule has 11 heteroatoms. The van der Waals surface area contributed by atoms with Gasteiger partial charge in [0.2, 0.25) is 5.95 Å². The average Bonchev–Trinajstić information content (AvgIpc) is 3.49. The van der Waals surface area contributed by atoms with E-state index in [4.69, 9.17) is 16.6 Å². The van der Waals surface area contributed by atoms with Crippen molar-refractivity contribution in [1.82, 2.24) is 24.5 Å². The van der Waals surface area contributed by atoms with Crippen LogP contribution in [0, 0.1) is 0 Å². The summed E-state index contributed by atoms with van der Waals surface area (Å²) in [5.74, 6) is 0.500. The van der Waals surface area contributed by atoms with Crippen LogP contribution in [0.2, 0.25) is 5.02 Å². The maximum Gasteiger partial charge on any atom is 0.253 e. The summed E-state index contributed by atoms with van der Waals surface area (Å²) in [4.78, 5) is 28.6. The normalized spacial score (nSPS) is 16.7. The zero-order valence-electron chi connectivity index (χ0n) is 24.2. The lowest BCUT2D eigenvalue weighted by Gasteiger charge is -2.39. The molecule has 224 valence electrons. The number of nitrogens with one attached hydrogen (secondary N) is 1. The number of nitrogens with zero attached hydrogens (tertiary/aromatic N) is 7. The number of anilines is 4. The first kappa shape index (κ1) is 28.1. The van der Waals surface area contributed by atoms with Crippen LogP contribution in [-0.4, -0.2) is 74.8 Å². The van der Waals surface area contributed by atoms with Crippen LogP contribution >= 0.6 is 11.6 Å². The number of fused-ring (bicyclic) bond motifs is 1. The Morgan fingerprint density at radius 2 is 1.61 bits per heavy atom. The van der Waals surface area contributed by atoms with E-state index >= 15 is 0 Å². The molecule has 2 aliphatic heterocycles. The molecular weight excluding hydrogens is 576 g/mol. The van der Waals surface area contributed by atoms with Crippen molar-refractivity contribution < 1.29 is 9.90 Å². The van der Waals surface area contributed by atoms with Crippen molar-refractivity contribution in [2.45, 2.75) is 18.4 Å². The highest BCUT2D eigenvalue weighted by Gasteiger charge is 2.34. The Morgan fingerprint density at radius 3 is 2.32 bits per heavy atom. The molecule has 3 aromatic heterocycles. The van der Waals surface area contributed by atoms with Crippen molar-refractivity contribution in [3.63, 3.8) is 0 Å². The lowest BCUT2D eigenvalue weighted by molar-refractivity contribution is 0.0118. The molecule has 7 rings (SSSR count). The van der Waals surface area contributed by atoms with E-state index in [1.165, 1.54) is 0 Å². The van der Waals surface area contributed by atoms with Gasteiger partial charge in [0.05, 0.1) is 23.2 Å². The third kappa shape index (κ3) is 5.66. The first-order chi connectivity index (χ1) is 21.4. The van der Waals surface area contributed by atoms with Crippen LogP contribution in [-0.2, 0) is 5.60 Å². The van der Waals surface area contributed by atoms with Gasteiger partial charge >= 0.3 is 0 Å². The number of amides is 1. The van der Waals surface area contributed by atoms with Crippen molar-refractivity contribution in [2.75, 3.05) is 54.4 Å². The van der Waals surface area contributed by atoms with Gasteiger partial charge in [-0.25, -0.2) is 4.52 Å². The van der Waals surface area contributed by atoms with Gasteiger partial charge in [-0.2, -0.15) is 4.98 Å². The molecule has 2 N–H and O–H groups in total. The second-order valence-electron chi connectivity index (χ2n) is 11.3. The molecule has 5 aromatic rings. The van der Waals surface area contributed by atoms with Crippen molar-refractivity contribution in [3.8, 4) is 0 Å². The third-order valence-electron chi connectivity index (χ3n) is 8.62. The summed E-state index contributed by atoms with van der Waals surface area (Å²) >= 11 is 6.05. The van der Waals surface area contributed by atoms with Crippen molar-refractivity contribution in [3.05, 3.63) is 108 Å². The van der Waals surface area contributed by atoms with Crippen LogP contribution in [0.4, 0.5) is 23.0 Å². The molecule has 44 heavy (non-hydrogen) atoms. The smallest absolute Gasteiger partial charge is 0.253 e. The number of piperazine rings is 1. The minimum atomic E-state index is -0.881. The van der Waals surface area contributed by atoms with Crippen LogP contribution in [0.25, 0.3) is 5.65 Å². The Hall–Kier alpha value is -4.67. The maximum absolute atomic E-state index is 13.2. The van der Waals surface area contributed by atoms with E-state index < -0.39 is 5.60 Å². The molecular formula is C33H33ClN8O2. The van der Waals surface area contributed by atoms with Gasteiger partial charge in [0.15, 0.2) is 5.65 Å². The predicted molar refractivity (Wildman–Crippen MR) is 172 cm³/mol. The van der Waals surface area contributed by atoms with Gasteiger partial charge in [-0.05, 0) is 79.1 Å². The summed E-state index contributed by atoms with van der Waals surface area (Å²) in [5.41, 5.74) is 4.25. The Bertz CT molecular complexity index is 1740. The van der Waals surface area contributed by atoms with Crippen molar-refractivity contribution >= 4 is 46.2 Å². The van der Waals surface area contributed by atoms with E-state index in [9.17, 15) is 9.90 Å². The van der Waals surface area contributed by atoms with E-state index in [1.807, 2.05) is 90.1 Å². The molecule has 0 atom stereocenters. The first-order valence-corrected chi connectivity index (χ1v) is 15.2. The van der Waals surface area contributed by atoms with E-state index in [0.717, 1.165) is 41.4 Å². The summed E-state index contributed by atoms with van der Waals surface area (Å²) in [6.07, 6.45) is 6.70. The van der Waals surface area contributed by atoms with Crippen LogP contribution in [0.5, 0.6) is 0 Å². The summed E-state index contributed by atoms with van der Waals surface area (Å²) in [6.45, 7) is 4.25. The van der Waals surface area contributed by atoms with Crippen LogP contribution in [0.1, 0.15) is 28.8 Å². The molecule has 0 saturated carbocycles. The van der Waals surface area contributed by atoms with Crippen LogP contribution < -0.4 is 15.1 Å². The topological polar surface area (TPSA) is 102 Å². The van der Waals surface area contributed by atoms with Crippen molar-refractivity contribution in [1.29, 1.82) is 0 Å². The van der Waals surface area contributed by atoms with Gasteiger partial charge in [0.25, 0.3) is 5.91 Å². The number of benzene rings is 2. The van der Waals surface area contributed by atoms with Gasteiger partial charge in [0, 0.05) is 67.9 Å². The van der Waals surface area contributed by atoms with Gasteiger partial charge in [-0.1, -0.05) is 23.7 Å². The Balaban J connectivity index is 0.989. The fraction of sp³-hybridized carbons (Fsp3) is 0.273. The van der Waals surface area contributed by atoms with Gasteiger partial charge in [-0.3, -0.25) is 9.78 Å². The monoisotopic (exact) mass is 608 g/mol.